The van der Waals surface area contributed by atoms with Crippen molar-refractivity contribution in [3.8, 4) is 11.1 Å². The van der Waals surface area contributed by atoms with Crippen LogP contribution in [-0.2, 0) is 17.8 Å². The van der Waals surface area contributed by atoms with Crippen LogP contribution in [0.1, 0.15) is 15.4 Å². The second-order valence-electron chi connectivity index (χ2n) is 7.63. The summed E-state index contributed by atoms with van der Waals surface area (Å²) in [6.45, 7) is -0.692. The van der Waals surface area contributed by atoms with Crippen LogP contribution in [0.3, 0.4) is 0 Å². The molecular weight excluding hydrogens is 431 g/mol. The topological polar surface area (TPSA) is 75.9 Å². The number of pyridine rings is 2. The summed E-state index contributed by atoms with van der Waals surface area (Å²) in [4.78, 5) is 21.7. The molecule has 1 aliphatic heterocycles. The minimum absolute atomic E-state index is 0.0224. The molecule has 0 radical (unpaired) electrons. The van der Waals surface area contributed by atoms with Crippen molar-refractivity contribution < 1.29 is 13.3 Å². The maximum Gasteiger partial charge on any atom is 0.244 e. The Hall–Kier alpha value is -3.52. The van der Waals surface area contributed by atoms with Crippen LogP contribution >= 0.6 is 11.6 Å². The summed E-state index contributed by atoms with van der Waals surface area (Å²) in [6, 6.07) is 7.00. The Kier molecular flexibility index (Phi) is 4.20. The molecule has 0 saturated carbocycles. The summed E-state index contributed by atoms with van der Waals surface area (Å²) < 4.78 is 39.2. The summed E-state index contributed by atoms with van der Waals surface area (Å²) in [5.41, 5.74) is 2.59. The van der Waals surface area contributed by atoms with Gasteiger partial charge >= 0.3 is 0 Å². The first-order valence-electron chi connectivity index (χ1n) is 11.4. The molecule has 32 heavy (non-hydrogen) atoms. The number of halogens is 2. The van der Waals surface area contributed by atoms with E-state index in [9.17, 15) is 4.79 Å². The van der Waals surface area contributed by atoms with Gasteiger partial charge in [0.2, 0.25) is 5.91 Å². The lowest BCUT2D eigenvalue weighted by Gasteiger charge is -2.12. The number of hydrogen-bond donors (Lipinski definition) is 1. The molecule has 1 N–H and O–H groups in total. The summed E-state index contributed by atoms with van der Waals surface area (Å²) in [6.07, 6.45) is 5.09. The number of carbonyl (C=O) groups excluding carboxylic acids is 1. The Balaban J connectivity index is 1.45. The molecule has 0 fully saturated rings. The molecule has 162 valence electrons. The normalized spacial score (nSPS) is 15.7. The third-order valence-corrected chi connectivity index (χ3v) is 5.90. The van der Waals surface area contributed by atoms with E-state index in [1.807, 2.05) is 6.92 Å². The van der Waals surface area contributed by atoms with Crippen molar-refractivity contribution >= 4 is 39.9 Å². The third kappa shape index (κ3) is 3.56. The average molecular weight is 454 g/mol. The quantitative estimate of drug-likeness (QED) is 0.499. The lowest BCUT2D eigenvalue weighted by Crippen LogP contribution is -2.29. The van der Waals surface area contributed by atoms with Gasteiger partial charge in [-0.25, -0.2) is 9.37 Å². The molecule has 1 aromatic carbocycles. The fraction of sp³-hybridized carbons (Fsp3) is 0.217. The lowest BCUT2D eigenvalue weighted by atomic mass is 9.99. The monoisotopic (exact) mass is 453 g/mol. The predicted octanol–water partition coefficient (Wildman–Crippen LogP) is 4.35. The number of benzene rings is 1. The van der Waals surface area contributed by atoms with Gasteiger partial charge in [0.1, 0.15) is 18.2 Å². The highest BCUT2D eigenvalue weighted by molar-refractivity contribution is 6.36. The number of likely N-dealkylation sites (N-methyl/N-ethyl adjacent to an activating group) is 1. The number of rotatable bonds is 3. The van der Waals surface area contributed by atoms with Crippen LogP contribution in [0.2, 0.25) is 5.02 Å². The Bertz CT molecular complexity index is 1470. The zero-order chi connectivity index (χ0) is 24.9. The standard InChI is InChI=1S/C23H20ClFN6O/c1-13-3-5-26-10-17(13)16-7-14-8-19(27-11-18(14)22(24)23(16)25)28-20-9-15-4-6-30(2)21(32)12-31(15)29-20/h3,5,7-11H,4,6,12H2,1-2H3,(H,27,28,29)/i2D3. The SMILES string of the molecule is [2H]C([2H])([2H])N1CCc2cc(Nc3cc4cc(-c5cnccc5C)c(F)c(Cl)c4cn3)nn2CC1=O. The number of hydrogen-bond acceptors (Lipinski definition) is 5. The summed E-state index contributed by atoms with van der Waals surface area (Å²) in [5.74, 6) is -0.139. The van der Waals surface area contributed by atoms with Crippen LogP contribution in [-0.4, -0.2) is 44.1 Å². The van der Waals surface area contributed by atoms with E-state index in [0.717, 1.165) is 16.2 Å². The molecular formula is C23H20ClFN6O. The van der Waals surface area contributed by atoms with E-state index in [2.05, 4.69) is 20.4 Å². The zero-order valence-electron chi connectivity index (χ0n) is 20.1. The molecule has 7 nitrogen and oxygen atoms in total. The van der Waals surface area contributed by atoms with Crippen LogP contribution in [0, 0.1) is 12.7 Å². The molecule has 9 heteroatoms. The van der Waals surface area contributed by atoms with Crippen LogP contribution in [0.5, 0.6) is 0 Å². The summed E-state index contributed by atoms with van der Waals surface area (Å²) in [5, 5.41) is 8.63. The minimum Gasteiger partial charge on any atom is -0.344 e. The number of nitrogens with one attached hydrogen (secondary N) is 1. The van der Waals surface area contributed by atoms with Gasteiger partial charge in [0.25, 0.3) is 0 Å². The van der Waals surface area contributed by atoms with E-state index < -0.39 is 18.7 Å². The smallest absolute Gasteiger partial charge is 0.244 e. The minimum atomic E-state index is -2.48. The fourth-order valence-electron chi connectivity index (χ4n) is 3.79. The largest absolute Gasteiger partial charge is 0.344 e. The van der Waals surface area contributed by atoms with Crippen molar-refractivity contribution in [2.75, 3.05) is 18.8 Å². The van der Waals surface area contributed by atoms with Crippen molar-refractivity contribution in [1.82, 2.24) is 24.6 Å². The van der Waals surface area contributed by atoms with Gasteiger partial charge in [-0.05, 0) is 36.1 Å². The van der Waals surface area contributed by atoms with E-state index >= 15 is 4.39 Å². The molecule has 0 atom stereocenters. The van der Waals surface area contributed by atoms with E-state index in [1.165, 1.54) is 10.9 Å². The molecule has 4 aromatic rings. The molecule has 0 unspecified atom stereocenters. The molecule has 0 bridgehead atoms. The Morgan fingerprint density at radius 3 is 2.91 bits per heavy atom. The predicted molar refractivity (Wildman–Crippen MR) is 122 cm³/mol. The lowest BCUT2D eigenvalue weighted by molar-refractivity contribution is -0.130. The second-order valence-corrected chi connectivity index (χ2v) is 8.01. The van der Waals surface area contributed by atoms with E-state index in [0.29, 0.717) is 40.0 Å². The number of carbonyl (C=O) groups is 1. The molecule has 5 rings (SSSR count). The maximum absolute atomic E-state index is 15.1. The Labute approximate surface area is 193 Å². The highest BCUT2D eigenvalue weighted by Gasteiger charge is 2.20. The first-order valence-corrected chi connectivity index (χ1v) is 10.3. The first kappa shape index (κ1) is 17.1. The summed E-state index contributed by atoms with van der Waals surface area (Å²) >= 11 is 6.34. The van der Waals surface area contributed by atoms with Gasteiger partial charge in [-0.15, -0.1) is 0 Å². The number of amides is 1. The Morgan fingerprint density at radius 2 is 2.09 bits per heavy atom. The van der Waals surface area contributed by atoms with Gasteiger partial charge in [0.15, 0.2) is 5.82 Å². The van der Waals surface area contributed by atoms with Crippen LogP contribution < -0.4 is 5.32 Å². The molecule has 1 aliphatic rings. The van der Waals surface area contributed by atoms with Crippen molar-refractivity contribution in [2.45, 2.75) is 19.9 Å². The third-order valence-electron chi connectivity index (χ3n) is 5.53. The highest BCUT2D eigenvalue weighted by atomic mass is 35.5. The van der Waals surface area contributed by atoms with E-state index in [1.54, 1.807) is 36.7 Å². The summed E-state index contributed by atoms with van der Waals surface area (Å²) in [7, 11) is 0. The van der Waals surface area contributed by atoms with Gasteiger partial charge in [0, 0.05) is 70.9 Å². The average Bonchev–Trinajstić information content (AvgIpc) is 3.08. The van der Waals surface area contributed by atoms with Crippen molar-refractivity contribution in [2.24, 2.45) is 0 Å². The molecule has 0 aliphatic carbocycles. The van der Waals surface area contributed by atoms with Gasteiger partial charge < -0.3 is 10.2 Å². The second kappa shape index (κ2) is 7.87. The first-order chi connectivity index (χ1) is 16.6. The highest BCUT2D eigenvalue weighted by Crippen LogP contribution is 2.36. The zero-order valence-corrected chi connectivity index (χ0v) is 17.8. The number of anilines is 2. The fourth-order valence-corrected chi connectivity index (χ4v) is 4.05. The van der Waals surface area contributed by atoms with Crippen LogP contribution in [0.15, 0.2) is 42.9 Å². The van der Waals surface area contributed by atoms with Gasteiger partial charge in [-0.2, -0.15) is 5.10 Å². The maximum atomic E-state index is 15.1. The van der Waals surface area contributed by atoms with Crippen molar-refractivity contribution in [3.05, 3.63) is 65.0 Å². The van der Waals surface area contributed by atoms with Gasteiger partial charge in [-0.3, -0.25) is 14.5 Å². The molecule has 4 heterocycles. The van der Waals surface area contributed by atoms with Crippen molar-refractivity contribution in [3.63, 3.8) is 0 Å². The van der Waals surface area contributed by atoms with Crippen LogP contribution in [0.4, 0.5) is 16.0 Å². The van der Waals surface area contributed by atoms with E-state index in [-0.39, 0.29) is 18.1 Å². The number of fused-ring (bicyclic) bond motifs is 2. The van der Waals surface area contributed by atoms with Gasteiger partial charge in [-0.1, -0.05) is 11.6 Å². The van der Waals surface area contributed by atoms with Gasteiger partial charge in [0.05, 0.1) is 5.02 Å². The molecule has 3 aromatic heterocycles. The molecule has 1 amide bonds. The molecule has 0 saturated heterocycles. The number of nitrogens with zero attached hydrogens (tertiary/aromatic N) is 5. The molecule has 0 spiro atoms. The van der Waals surface area contributed by atoms with Crippen molar-refractivity contribution in [1.29, 1.82) is 0 Å². The Morgan fingerprint density at radius 1 is 1.22 bits per heavy atom. The number of aromatic nitrogens is 4. The number of aryl methyl sites for hydroxylation is 1. The van der Waals surface area contributed by atoms with E-state index in [4.69, 9.17) is 15.7 Å². The van der Waals surface area contributed by atoms with Crippen LogP contribution in [0.25, 0.3) is 21.9 Å².